The molecule has 0 spiro atoms. The van der Waals surface area contributed by atoms with Gasteiger partial charge in [-0.1, -0.05) is 42.5 Å². The lowest BCUT2D eigenvalue weighted by molar-refractivity contribution is 0.0698. The molecule has 1 fully saturated rings. The van der Waals surface area contributed by atoms with E-state index in [1.54, 1.807) is 24.3 Å². The number of hydrogen-bond acceptors (Lipinski definition) is 7. The first-order valence-corrected chi connectivity index (χ1v) is 16.5. The number of benzene rings is 4. The lowest BCUT2D eigenvalue weighted by atomic mass is 9.94. The summed E-state index contributed by atoms with van der Waals surface area (Å²) in [6.07, 6.45) is 1.90. The second-order valence-corrected chi connectivity index (χ2v) is 12.8. The molecule has 0 amide bonds. The van der Waals surface area contributed by atoms with Crippen LogP contribution in [0.2, 0.25) is 0 Å². The van der Waals surface area contributed by atoms with Gasteiger partial charge in [0.25, 0.3) is 10.0 Å². The Kier molecular flexibility index (Phi) is 10.2. The SMILES string of the molecule is Cc1ccc(-c2ccc(C(=O)O)c(NS(=O)(=O)c3ccc(OCCCN4CCN(CCCN)CC4)cc3)c2)c2ccccc12. The Morgan fingerprint density at radius 3 is 2.20 bits per heavy atom. The lowest BCUT2D eigenvalue weighted by Gasteiger charge is -2.34. The number of nitrogens with two attached hydrogens (primary N) is 1. The number of carboxylic acid groups (broad SMARTS) is 1. The molecule has 1 aliphatic heterocycles. The Hall–Kier alpha value is -3.96. The van der Waals surface area contributed by atoms with Crippen molar-refractivity contribution in [3.63, 3.8) is 0 Å². The number of piperazine rings is 1. The normalized spacial score (nSPS) is 14.5. The van der Waals surface area contributed by atoms with E-state index in [4.69, 9.17) is 10.5 Å². The average Bonchev–Trinajstić information content (AvgIpc) is 3.03. The van der Waals surface area contributed by atoms with Crippen molar-refractivity contribution in [3.05, 3.63) is 90.0 Å². The van der Waals surface area contributed by atoms with Gasteiger partial charge in [0.1, 0.15) is 5.75 Å². The van der Waals surface area contributed by atoms with Gasteiger partial charge in [-0.3, -0.25) is 4.72 Å². The summed E-state index contributed by atoms with van der Waals surface area (Å²) >= 11 is 0. The minimum absolute atomic E-state index is 0.000182. The third-order valence-corrected chi connectivity index (χ3v) is 9.49. The van der Waals surface area contributed by atoms with Gasteiger partial charge in [-0.15, -0.1) is 0 Å². The summed E-state index contributed by atoms with van der Waals surface area (Å²) in [4.78, 5) is 16.9. The van der Waals surface area contributed by atoms with E-state index < -0.39 is 16.0 Å². The van der Waals surface area contributed by atoms with Crippen LogP contribution < -0.4 is 15.2 Å². The first-order chi connectivity index (χ1) is 21.2. The highest BCUT2D eigenvalue weighted by atomic mass is 32.2. The highest BCUT2D eigenvalue weighted by Crippen LogP contribution is 2.34. The molecule has 0 unspecified atom stereocenters. The predicted molar refractivity (Wildman–Crippen MR) is 175 cm³/mol. The molecule has 1 saturated heterocycles. The molecule has 4 aromatic carbocycles. The first-order valence-electron chi connectivity index (χ1n) is 15.0. The molecule has 4 aromatic rings. The van der Waals surface area contributed by atoms with Crippen molar-refractivity contribution in [2.75, 3.05) is 57.1 Å². The first kappa shape index (κ1) is 31.5. The van der Waals surface area contributed by atoms with Crippen LogP contribution in [0.15, 0.2) is 83.8 Å². The smallest absolute Gasteiger partial charge is 0.337 e. The maximum Gasteiger partial charge on any atom is 0.337 e. The molecule has 0 radical (unpaired) electrons. The van der Waals surface area contributed by atoms with Gasteiger partial charge in [0.2, 0.25) is 0 Å². The number of anilines is 1. The van der Waals surface area contributed by atoms with Gasteiger partial charge in [-0.2, -0.15) is 0 Å². The lowest BCUT2D eigenvalue weighted by Crippen LogP contribution is -2.47. The zero-order chi connectivity index (χ0) is 31.1. The van der Waals surface area contributed by atoms with Gasteiger partial charge in [0.05, 0.1) is 22.8 Å². The van der Waals surface area contributed by atoms with Crippen molar-refractivity contribution < 1.29 is 23.1 Å². The van der Waals surface area contributed by atoms with Gasteiger partial charge in [0, 0.05) is 32.7 Å². The van der Waals surface area contributed by atoms with Crippen molar-refractivity contribution in [2.45, 2.75) is 24.7 Å². The zero-order valence-electron chi connectivity index (χ0n) is 25.0. The molecule has 1 heterocycles. The summed E-state index contributed by atoms with van der Waals surface area (Å²) in [6, 6.07) is 22.8. The van der Waals surface area contributed by atoms with Gasteiger partial charge in [0.15, 0.2) is 0 Å². The second-order valence-electron chi connectivity index (χ2n) is 11.1. The molecule has 44 heavy (non-hydrogen) atoms. The monoisotopic (exact) mass is 616 g/mol. The zero-order valence-corrected chi connectivity index (χ0v) is 25.9. The second kappa shape index (κ2) is 14.2. The van der Waals surface area contributed by atoms with E-state index in [0.717, 1.165) is 80.6 Å². The fourth-order valence-electron chi connectivity index (χ4n) is 5.63. The van der Waals surface area contributed by atoms with Crippen LogP contribution in [-0.4, -0.2) is 81.7 Å². The van der Waals surface area contributed by atoms with Crippen LogP contribution in [0.5, 0.6) is 5.75 Å². The van der Waals surface area contributed by atoms with Crippen LogP contribution in [0.1, 0.15) is 28.8 Å². The van der Waals surface area contributed by atoms with Crippen molar-refractivity contribution in [1.29, 1.82) is 0 Å². The molecule has 1 aliphatic rings. The number of ether oxygens (including phenoxy) is 1. The minimum atomic E-state index is -4.07. The van der Waals surface area contributed by atoms with Crippen LogP contribution >= 0.6 is 0 Å². The number of hydrogen-bond donors (Lipinski definition) is 3. The maximum absolute atomic E-state index is 13.3. The van der Waals surface area contributed by atoms with Crippen LogP contribution in [0.4, 0.5) is 5.69 Å². The summed E-state index contributed by atoms with van der Waals surface area (Å²) < 4.78 is 35.1. The average molecular weight is 617 g/mol. The Labute approximate surface area is 259 Å². The van der Waals surface area contributed by atoms with Gasteiger partial charge in [-0.05, 0) is 96.7 Å². The van der Waals surface area contributed by atoms with E-state index >= 15 is 0 Å². The number of nitrogens with one attached hydrogen (secondary N) is 1. The number of aryl methyl sites for hydroxylation is 1. The fraction of sp³-hybridized carbons (Fsp3) is 0.324. The van der Waals surface area contributed by atoms with Gasteiger partial charge < -0.3 is 25.4 Å². The molecule has 9 nitrogen and oxygen atoms in total. The highest BCUT2D eigenvalue weighted by Gasteiger charge is 2.20. The summed E-state index contributed by atoms with van der Waals surface area (Å²) in [7, 11) is -4.07. The Morgan fingerprint density at radius 2 is 1.55 bits per heavy atom. The quantitative estimate of drug-likeness (QED) is 0.178. The molecule has 232 valence electrons. The fourth-order valence-corrected chi connectivity index (χ4v) is 6.70. The summed E-state index contributed by atoms with van der Waals surface area (Å²) in [5.41, 5.74) is 8.19. The van der Waals surface area contributed by atoms with Crippen molar-refractivity contribution in [1.82, 2.24) is 9.80 Å². The number of sulfonamides is 1. The number of nitrogens with zero attached hydrogens (tertiary/aromatic N) is 2. The largest absolute Gasteiger partial charge is 0.494 e. The standard InChI is InChI=1S/C34H40N4O5S/c1-25-8-14-30(31-7-3-2-6-29(25)31)26-9-15-32(34(39)40)33(24-26)36-44(41,42)28-12-10-27(11-13-28)43-23-5-18-38-21-19-37(20-22-38)17-4-16-35/h2-3,6-15,24,36H,4-5,16-23,35H2,1H3,(H,39,40). The minimum Gasteiger partial charge on any atom is -0.494 e. The molecule has 0 saturated carbocycles. The number of aromatic carboxylic acids is 1. The molecule has 0 aliphatic carbocycles. The Bertz CT molecular complexity index is 1700. The van der Waals surface area contributed by atoms with Crippen molar-refractivity contribution in [2.24, 2.45) is 5.73 Å². The third-order valence-electron chi connectivity index (χ3n) is 8.11. The molecular formula is C34H40N4O5S. The van der Waals surface area contributed by atoms with Crippen LogP contribution in [0.3, 0.4) is 0 Å². The predicted octanol–water partition coefficient (Wildman–Crippen LogP) is 5.05. The highest BCUT2D eigenvalue weighted by molar-refractivity contribution is 7.92. The van der Waals surface area contributed by atoms with E-state index in [1.165, 1.54) is 18.2 Å². The molecule has 0 atom stereocenters. The van der Waals surface area contributed by atoms with Crippen LogP contribution in [0, 0.1) is 6.92 Å². The number of fused-ring (bicyclic) bond motifs is 1. The van der Waals surface area contributed by atoms with E-state index in [0.29, 0.717) is 17.9 Å². The Balaban J connectivity index is 1.23. The number of carbonyl (C=O) groups is 1. The van der Waals surface area contributed by atoms with Crippen LogP contribution in [0.25, 0.3) is 21.9 Å². The molecule has 5 rings (SSSR count). The molecular weight excluding hydrogens is 576 g/mol. The van der Waals surface area contributed by atoms with Gasteiger partial charge >= 0.3 is 5.97 Å². The number of rotatable bonds is 13. The van der Waals surface area contributed by atoms with Gasteiger partial charge in [-0.25, -0.2) is 13.2 Å². The molecule has 0 bridgehead atoms. The topological polar surface area (TPSA) is 125 Å². The molecule has 4 N–H and O–H groups in total. The van der Waals surface area contributed by atoms with E-state index in [1.807, 2.05) is 43.3 Å². The van der Waals surface area contributed by atoms with E-state index in [2.05, 4.69) is 14.5 Å². The van der Waals surface area contributed by atoms with E-state index in [-0.39, 0.29) is 16.1 Å². The van der Waals surface area contributed by atoms with Crippen molar-refractivity contribution >= 4 is 32.5 Å². The maximum atomic E-state index is 13.3. The van der Waals surface area contributed by atoms with Crippen molar-refractivity contribution in [3.8, 4) is 16.9 Å². The Morgan fingerprint density at radius 1 is 0.886 bits per heavy atom. The van der Waals surface area contributed by atoms with E-state index in [9.17, 15) is 18.3 Å². The number of carboxylic acids is 1. The van der Waals surface area contributed by atoms with Crippen LogP contribution in [-0.2, 0) is 10.0 Å². The summed E-state index contributed by atoms with van der Waals surface area (Å²) in [5.74, 6) is -0.643. The molecule has 0 aromatic heterocycles. The third kappa shape index (κ3) is 7.57. The summed E-state index contributed by atoms with van der Waals surface area (Å²) in [5, 5.41) is 11.9. The summed E-state index contributed by atoms with van der Waals surface area (Å²) in [6.45, 7) is 9.50. The molecule has 10 heteroatoms.